The van der Waals surface area contributed by atoms with E-state index in [1.807, 2.05) is 18.2 Å². The molecule has 2 heterocycles. The van der Waals surface area contributed by atoms with Gasteiger partial charge in [-0.15, -0.1) is 49.6 Å². The normalized spacial score (nSPS) is 17.0. The molecule has 2 aliphatic rings. The molecule has 1 aliphatic carbocycles. The maximum atomic E-state index is 10.2. The molecule has 212 valence electrons. The molecule has 0 saturated carbocycles. The Morgan fingerprint density at radius 3 is 2.42 bits per heavy atom. The van der Waals surface area contributed by atoms with Gasteiger partial charge < -0.3 is 15.1 Å². The number of para-hydroxylation sites is 1. The number of rotatable bonds is 7. The molecule has 10 heteroatoms. The summed E-state index contributed by atoms with van der Waals surface area (Å²) in [4.78, 5) is 12.1. The minimum absolute atomic E-state index is 0. The van der Waals surface area contributed by atoms with Crippen LogP contribution in [0.1, 0.15) is 30.9 Å². The number of pyridine rings is 1. The van der Waals surface area contributed by atoms with Gasteiger partial charge in [-0.05, 0) is 67.6 Å². The summed E-state index contributed by atoms with van der Waals surface area (Å²) in [5.74, 6) is 0.631. The first-order valence-corrected chi connectivity index (χ1v) is 12.7. The van der Waals surface area contributed by atoms with Gasteiger partial charge in [-0.2, -0.15) is 0 Å². The maximum Gasteiger partial charge on any atom is 0.141 e. The van der Waals surface area contributed by atoms with Gasteiger partial charge in [-0.25, -0.2) is 0 Å². The summed E-state index contributed by atoms with van der Waals surface area (Å²) in [5.41, 5.74) is 4.57. The zero-order chi connectivity index (χ0) is 23.5. The van der Waals surface area contributed by atoms with Crippen molar-refractivity contribution in [3.8, 4) is 11.5 Å². The molecule has 2 N–H and O–H groups in total. The smallest absolute Gasteiger partial charge is 0.141 e. The number of benzene rings is 2. The first-order valence-electron chi connectivity index (χ1n) is 12.7. The van der Waals surface area contributed by atoms with Crippen LogP contribution in [-0.4, -0.2) is 76.9 Å². The predicted octanol–water partition coefficient (Wildman–Crippen LogP) is 5.72. The van der Waals surface area contributed by atoms with Crippen LogP contribution in [-0.2, 0) is 12.8 Å². The van der Waals surface area contributed by atoms with Gasteiger partial charge in [0.1, 0.15) is 17.0 Å². The van der Waals surface area contributed by atoms with Gasteiger partial charge in [-0.1, -0.05) is 25.1 Å². The first kappa shape index (κ1) is 34.4. The number of anilines is 1. The number of nitrogens with zero attached hydrogens (tertiary/aromatic N) is 4. The number of halogens is 4. The van der Waals surface area contributed by atoms with Crippen molar-refractivity contribution in [2.45, 2.75) is 38.6 Å². The molecule has 38 heavy (non-hydrogen) atoms. The zero-order valence-electron chi connectivity index (χ0n) is 21.8. The summed E-state index contributed by atoms with van der Waals surface area (Å²) in [6.07, 6.45) is 6.31. The van der Waals surface area contributed by atoms with E-state index >= 15 is 0 Å². The molecule has 6 nitrogen and oxygen atoms in total. The van der Waals surface area contributed by atoms with E-state index in [0.717, 1.165) is 69.7 Å². The molecule has 1 atom stereocenters. The Bertz CT molecular complexity index is 1150. The average Bonchev–Trinajstić information content (AvgIpc) is 2.86. The van der Waals surface area contributed by atoms with Crippen molar-refractivity contribution in [1.29, 1.82) is 0 Å². The third kappa shape index (κ3) is 7.71. The Labute approximate surface area is 251 Å². The highest BCUT2D eigenvalue weighted by atomic mass is 35.5. The standard InChI is InChI=1S/C28H36N4O2.4ClH/c1-2-12-31(23-8-6-21-7-9-24(33)20-22(21)19-23)16-13-30-14-17-32(18-15-30)26-10-11-29-28-25(26)4-3-5-27(28)34;;;;/h3-5,7,9-11,20,23,33-34H,2,6,8,12-19H2,1H3;4*1H/t23-;;;;/m1..../s1. The molecule has 1 fully saturated rings. The van der Waals surface area contributed by atoms with E-state index < -0.39 is 0 Å². The fourth-order valence-electron chi connectivity index (χ4n) is 5.70. The molecule has 2 aromatic carbocycles. The zero-order valence-corrected chi connectivity index (χ0v) is 25.1. The lowest BCUT2D eigenvalue weighted by atomic mass is 9.87. The summed E-state index contributed by atoms with van der Waals surface area (Å²) < 4.78 is 0. The second-order valence-electron chi connectivity index (χ2n) is 9.72. The molecule has 0 bridgehead atoms. The SMILES string of the molecule is CCCN(CCN1CCN(c2ccnc3c(O)cccc23)CC1)[C@@H]1CCc2ccc(O)cc2C1.Cl.Cl.Cl.Cl. The lowest BCUT2D eigenvalue weighted by Gasteiger charge is -2.39. The van der Waals surface area contributed by atoms with E-state index in [2.05, 4.69) is 44.8 Å². The van der Waals surface area contributed by atoms with Gasteiger partial charge in [-0.3, -0.25) is 14.8 Å². The summed E-state index contributed by atoms with van der Waals surface area (Å²) in [6.45, 7) is 9.65. The molecule has 1 aliphatic heterocycles. The second kappa shape index (κ2) is 15.8. The van der Waals surface area contributed by atoms with Crippen LogP contribution in [0.25, 0.3) is 10.9 Å². The van der Waals surface area contributed by atoms with Gasteiger partial charge in [0.05, 0.1) is 0 Å². The van der Waals surface area contributed by atoms with Crippen molar-refractivity contribution in [3.63, 3.8) is 0 Å². The van der Waals surface area contributed by atoms with E-state index in [1.165, 1.54) is 24.0 Å². The highest BCUT2D eigenvalue weighted by Crippen LogP contribution is 2.31. The van der Waals surface area contributed by atoms with E-state index in [-0.39, 0.29) is 55.4 Å². The van der Waals surface area contributed by atoms with Crippen LogP contribution >= 0.6 is 49.6 Å². The molecular formula is C28H40Cl4N4O2. The summed E-state index contributed by atoms with van der Waals surface area (Å²) >= 11 is 0. The second-order valence-corrected chi connectivity index (χ2v) is 9.72. The molecule has 1 aromatic heterocycles. The molecule has 5 rings (SSSR count). The molecule has 3 aromatic rings. The van der Waals surface area contributed by atoms with Crippen molar-refractivity contribution in [1.82, 2.24) is 14.8 Å². The molecule has 0 spiro atoms. The van der Waals surface area contributed by atoms with Crippen LogP contribution in [0.5, 0.6) is 11.5 Å². The largest absolute Gasteiger partial charge is 0.508 e. The lowest BCUT2D eigenvalue weighted by Crippen LogP contribution is -2.50. The van der Waals surface area contributed by atoms with Gasteiger partial charge in [0.2, 0.25) is 0 Å². The van der Waals surface area contributed by atoms with Crippen LogP contribution in [0.3, 0.4) is 0 Å². The van der Waals surface area contributed by atoms with E-state index in [1.54, 1.807) is 12.3 Å². The maximum absolute atomic E-state index is 10.2. The number of aromatic nitrogens is 1. The van der Waals surface area contributed by atoms with Gasteiger partial charge in [0.25, 0.3) is 0 Å². The van der Waals surface area contributed by atoms with E-state index in [4.69, 9.17) is 0 Å². The van der Waals surface area contributed by atoms with Crippen LogP contribution in [0.2, 0.25) is 0 Å². The van der Waals surface area contributed by atoms with Crippen molar-refractivity contribution >= 4 is 66.2 Å². The third-order valence-electron chi connectivity index (χ3n) is 7.56. The molecule has 0 radical (unpaired) electrons. The van der Waals surface area contributed by atoms with Gasteiger partial charge in [0, 0.05) is 62.6 Å². The van der Waals surface area contributed by atoms with Gasteiger partial charge in [0.15, 0.2) is 0 Å². The summed E-state index contributed by atoms with van der Waals surface area (Å²) in [7, 11) is 0. The number of aryl methyl sites for hydroxylation is 1. The van der Waals surface area contributed by atoms with Crippen molar-refractivity contribution < 1.29 is 10.2 Å². The number of hydrogen-bond donors (Lipinski definition) is 2. The van der Waals surface area contributed by atoms with E-state index in [9.17, 15) is 10.2 Å². The Morgan fingerprint density at radius 2 is 1.68 bits per heavy atom. The fraction of sp³-hybridized carbons (Fsp3) is 0.464. The highest BCUT2D eigenvalue weighted by molar-refractivity contribution is 5.94. The molecular weight excluding hydrogens is 566 g/mol. The number of piperazine rings is 1. The van der Waals surface area contributed by atoms with Crippen molar-refractivity contribution in [2.75, 3.05) is 50.7 Å². The predicted molar refractivity (Wildman–Crippen MR) is 167 cm³/mol. The molecule has 0 amide bonds. The van der Waals surface area contributed by atoms with Crippen LogP contribution in [0.15, 0.2) is 48.7 Å². The van der Waals surface area contributed by atoms with Crippen LogP contribution in [0, 0.1) is 0 Å². The Morgan fingerprint density at radius 1 is 0.921 bits per heavy atom. The summed E-state index contributed by atoms with van der Waals surface area (Å²) in [5, 5.41) is 21.1. The Balaban J connectivity index is 0.00000180. The third-order valence-corrected chi connectivity index (χ3v) is 7.56. The van der Waals surface area contributed by atoms with E-state index in [0.29, 0.717) is 17.3 Å². The number of fused-ring (bicyclic) bond motifs is 2. The average molecular weight is 606 g/mol. The monoisotopic (exact) mass is 604 g/mol. The number of phenols is 2. The minimum Gasteiger partial charge on any atom is -0.508 e. The Kier molecular flexibility index (Phi) is 14.3. The Hall–Kier alpha value is -1.67. The first-order chi connectivity index (χ1) is 16.6. The topological polar surface area (TPSA) is 63.1 Å². The lowest BCUT2D eigenvalue weighted by molar-refractivity contribution is 0.145. The minimum atomic E-state index is 0. The molecule has 1 saturated heterocycles. The number of hydrogen-bond acceptors (Lipinski definition) is 6. The fourth-order valence-corrected chi connectivity index (χ4v) is 5.70. The van der Waals surface area contributed by atoms with Gasteiger partial charge >= 0.3 is 0 Å². The quantitative estimate of drug-likeness (QED) is 0.359. The van der Waals surface area contributed by atoms with Crippen LogP contribution in [0.4, 0.5) is 5.69 Å². The van der Waals surface area contributed by atoms with Crippen molar-refractivity contribution in [2.24, 2.45) is 0 Å². The number of aromatic hydroxyl groups is 2. The van der Waals surface area contributed by atoms with Crippen molar-refractivity contribution in [3.05, 3.63) is 59.8 Å². The summed E-state index contributed by atoms with van der Waals surface area (Å²) in [6, 6.07) is 14.2. The molecule has 0 unspecified atom stereocenters. The highest BCUT2D eigenvalue weighted by Gasteiger charge is 2.25. The number of phenolic OH excluding ortho intramolecular Hbond substituents is 2. The van der Waals surface area contributed by atoms with Crippen LogP contribution < -0.4 is 4.90 Å².